The van der Waals surface area contributed by atoms with Crippen molar-refractivity contribution in [1.29, 1.82) is 0 Å². The van der Waals surface area contributed by atoms with Crippen molar-refractivity contribution in [2.75, 3.05) is 6.61 Å². The molecule has 3 heteroatoms. The number of ether oxygens (including phenoxy) is 1. The van der Waals surface area contributed by atoms with E-state index in [1.54, 1.807) is 6.08 Å². The van der Waals surface area contributed by atoms with Crippen molar-refractivity contribution in [1.82, 2.24) is 0 Å². The van der Waals surface area contributed by atoms with E-state index in [1.165, 1.54) is 0 Å². The summed E-state index contributed by atoms with van der Waals surface area (Å²) in [7, 11) is 0. The van der Waals surface area contributed by atoms with Crippen LogP contribution in [0.25, 0.3) is 16.8 Å². The molecule has 92 valence electrons. The Balaban J connectivity index is 2.35. The van der Waals surface area contributed by atoms with Crippen LogP contribution in [0.1, 0.15) is 12.5 Å². The molecule has 0 aliphatic heterocycles. The molecular formula is C15H14O3. The summed E-state index contributed by atoms with van der Waals surface area (Å²) in [6.07, 6.45) is 2.72. The maximum atomic E-state index is 10.4. The number of benzene rings is 2. The van der Waals surface area contributed by atoms with Crippen LogP contribution in [0.3, 0.4) is 0 Å². The summed E-state index contributed by atoms with van der Waals surface area (Å²) in [4.78, 5) is 10.4. The minimum Gasteiger partial charge on any atom is -0.494 e. The molecule has 0 aliphatic carbocycles. The van der Waals surface area contributed by atoms with Crippen molar-refractivity contribution >= 4 is 22.8 Å². The third-order valence-electron chi connectivity index (χ3n) is 2.57. The van der Waals surface area contributed by atoms with Gasteiger partial charge in [-0.15, -0.1) is 0 Å². The number of carboxylic acid groups (broad SMARTS) is 1. The number of carboxylic acids is 1. The van der Waals surface area contributed by atoms with Crippen molar-refractivity contribution in [3.8, 4) is 5.75 Å². The average Bonchev–Trinajstić information content (AvgIpc) is 2.36. The fraction of sp³-hybridized carbons (Fsp3) is 0.133. The fourth-order valence-corrected chi connectivity index (χ4v) is 1.77. The van der Waals surface area contributed by atoms with Crippen LogP contribution in [0.2, 0.25) is 0 Å². The SMILES string of the molecule is CCOc1ccc2cc(C=CC(=O)O)ccc2c1. The second-order valence-corrected chi connectivity index (χ2v) is 3.87. The van der Waals surface area contributed by atoms with Gasteiger partial charge in [0.25, 0.3) is 0 Å². The number of carbonyl (C=O) groups is 1. The van der Waals surface area contributed by atoms with E-state index in [-0.39, 0.29) is 0 Å². The average molecular weight is 242 g/mol. The Hall–Kier alpha value is -2.29. The highest BCUT2D eigenvalue weighted by atomic mass is 16.5. The van der Waals surface area contributed by atoms with Crippen LogP contribution in [-0.4, -0.2) is 17.7 Å². The molecule has 0 saturated carbocycles. The van der Waals surface area contributed by atoms with Gasteiger partial charge in [-0.05, 0) is 47.5 Å². The van der Waals surface area contributed by atoms with Gasteiger partial charge in [0.15, 0.2) is 0 Å². The van der Waals surface area contributed by atoms with Gasteiger partial charge >= 0.3 is 5.97 Å². The summed E-state index contributed by atoms with van der Waals surface area (Å²) in [5.74, 6) is -0.0966. The molecule has 0 atom stereocenters. The number of fused-ring (bicyclic) bond motifs is 1. The van der Waals surface area contributed by atoms with Gasteiger partial charge in [0.1, 0.15) is 5.75 Å². The lowest BCUT2D eigenvalue weighted by atomic mass is 10.1. The van der Waals surface area contributed by atoms with E-state index >= 15 is 0 Å². The summed E-state index contributed by atoms with van der Waals surface area (Å²) >= 11 is 0. The normalized spacial score (nSPS) is 10.9. The lowest BCUT2D eigenvalue weighted by Gasteiger charge is -2.05. The van der Waals surface area contributed by atoms with E-state index in [4.69, 9.17) is 9.84 Å². The third kappa shape index (κ3) is 2.88. The van der Waals surface area contributed by atoms with Gasteiger partial charge in [-0.2, -0.15) is 0 Å². The number of hydrogen-bond donors (Lipinski definition) is 1. The van der Waals surface area contributed by atoms with Gasteiger partial charge < -0.3 is 9.84 Å². The Kier molecular flexibility index (Phi) is 3.63. The van der Waals surface area contributed by atoms with E-state index in [1.807, 2.05) is 43.3 Å². The van der Waals surface area contributed by atoms with Crippen LogP contribution < -0.4 is 4.74 Å². The molecule has 3 nitrogen and oxygen atoms in total. The fourth-order valence-electron chi connectivity index (χ4n) is 1.77. The van der Waals surface area contributed by atoms with Crippen LogP contribution in [0.15, 0.2) is 42.5 Å². The maximum absolute atomic E-state index is 10.4. The van der Waals surface area contributed by atoms with E-state index < -0.39 is 5.97 Å². The Morgan fingerprint density at radius 2 is 1.94 bits per heavy atom. The molecule has 18 heavy (non-hydrogen) atoms. The van der Waals surface area contributed by atoms with Crippen LogP contribution in [0, 0.1) is 0 Å². The molecular weight excluding hydrogens is 228 g/mol. The predicted molar refractivity (Wildman–Crippen MR) is 71.8 cm³/mol. The third-order valence-corrected chi connectivity index (χ3v) is 2.57. The Bertz CT molecular complexity index is 600. The van der Waals surface area contributed by atoms with Gasteiger partial charge in [-0.3, -0.25) is 0 Å². The maximum Gasteiger partial charge on any atom is 0.328 e. The number of aliphatic carboxylic acids is 1. The zero-order valence-electron chi connectivity index (χ0n) is 10.1. The van der Waals surface area contributed by atoms with Gasteiger partial charge in [-0.25, -0.2) is 4.79 Å². The zero-order chi connectivity index (χ0) is 13.0. The molecule has 0 spiro atoms. The Morgan fingerprint density at radius 3 is 2.67 bits per heavy atom. The molecule has 0 bridgehead atoms. The second kappa shape index (κ2) is 5.36. The molecule has 2 aromatic carbocycles. The first kappa shape index (κ1) is 12.2. The highest BCUT2D eigenvalue weighted by Crippen LogP contribution is 2.22. The van der Waals surface area contributed by atoms with Crippen LogP contribution >= 0.6 is 0 Å². The summed E-state index contributed by atoms with van der Waals surface area (Å²) in [6, 6.07) is 11.7. The van der Waals surface area contributed by atoms with E-state index in [0.717, 1.165) is 28.2 Å². The molecule has 0 saturated heterocycles. The largest absolute Gasteiger partial charge is 0.494 e. The lowest BCUT2D eigenvalue weighted by molar-refractivity contribution is -0.131. The molecule has 2 rings (SSSR count). The number of rotatable bonds is 4. The molecule has 2 aromatic rings. The molecule has 0 radical (unpaired) electrons. The first-order valence-electron chi connectivity index (χ1n) is 5.76. The number of hydrogen-bond acceptors (Lipinski definition) is 2. The van der Waals surface area contributed by atoms with Crippen molar-refractivity contribution in [2.45, 2.75) is 6.92 Å². The van der Waals surface area contributed by atoms with Crippen molar-refractivity contribution in [3.63, 3.8) is 0 Å². The highest BCUT2D eigenvalue weighted by molar-refractivity contribution is 5.89. The van der Waals surface area contributed by atoms with Gasteiger partial charge in [0, 0.05) is 6.08 Å². The molecule has 1 N–H and O–H groups in total. The van der Waals surface area contributed by atoms with Gasteiger partial charge in [0.2, 0.25) is 0 Å². The van der Waals surface area contributed by atoms with Crippen LogP contribution in [0.4, 0.5) is 0 Å². The topological polar surface area (TPSA) is 46.5 Å². The smallest absolute Gasteiger partial charge is 0.328 e. The molecule has 0 unspecified atom stereocenters. The van der Waals surface area contributed by atoms with Crippen molar-refractivity contribution in [2.24, 2.45) is 0 Å². The van der Waals surface area contributed by atoms with Crippen molar-refractivity contribution in [3.05, 3.63) is 48.0 Å². The quantitative estimate of drug-likeness (QED) is 0.836. The van der Waals surface area contributed by atoms with Gasteiger partial charge in [-0.1, -0.05) is 18.2 Å². The van der Waals surface area contributed by atoms with Crippen LogP contribution in [0.5, 0.6) is 5.75 Å². The molecule has 0 fully saturated rings. The Morgan fingerprint density at radius 1 is 1.22 bits per heavy atom. The Labute approximate surface area is 105 Å². The molecule has 0 aromatic heterocycles. The molecule has 0 amide bonds. The van der Waals surface area contributed by atoms with Crippen LogP contribution in [-0.2, 0) is 4.79 Å². The first-order valence-corrected chi connectivity index (χ1v) is 5.76. The lowest BCUT2D eigenvalue weighted by Crippen LogP contribution is -1.90. The summed E-state index contributed by atoms with van der Waals surface area (Å²) in [6.45, 7) is 2.59. The second-order valence-electron chi connectivity index (χ2n) is 3.87. The highest BCUT2D eigenvalue weighted by Gasteiger charge is 1.98. The van der Waals surface area contributed by atoms with E-state index in [2.05, 4.69) is 0 Å². The van der Waals surface area contributed by atoms with Gasteiger partial charge in [0.05, 0.1) is 6.61 Å². The molecule has 0 heterocycles. The standard InChI is InChI=1S/C15H14O3/c1-2-18-14-7-6-12-9-11(4-8-15(16)17)3-5-13(12)10-14/h3-10H,2H2,1H3,(H,16,17). The summed E-state index contributed by atoms with van der Waals surface area (Å²) in [5.41, 5.74) is 0.869. The molecule has 0 aliphatic rings. The summed E-state index contributed by atoms with van der Waals surface area (Å²) in [5, 5.41) is 10.7. The first-order chi connectivity index (χ1) is 8.69. The minimum atomic E-state index is -0.943. The van der Waals surface area contributed by atoms with E-state index in [9.17, 15) is 4.79 Å². The monoisotopic (exact) mass is 242 g/mol. The van der Waals surface area contributed by atoms with E-state index in [0.29, 0.717) is 6.61 Å². The minimum absolute atomic E-state index is 0.644. The zero-order valence-corrected chi connectivity index (χ0v) is 10.1. The van der Waals surface area contributed by atoms with Crippen molar-refractivity contribution < 1.29 is 14.6 Å². The predicted octanol–water partition coefficient (Wildman–Crippen LogP) is 3.34. The summed E-state index contributed by atoms with van der Waals surface area (Å²) < 4.78 is 5.43.